The van der Waals surface area contributed by atoms with E-state index in [1.807, 2.05) is 0 Å². The van der Waals surface area contributed by atoms with Crippen LogP contribution in [0.25, 0.3) is 0 Å². The van der Waals surface area contributed by atoms with E-state index in [-0.39, 0.29) is 60.3 Å². The summed E-state index contributed by atoms with van der Waals surface area (Å²) in [6, 6.07) is 16.7. The Balaban J connectivity index is 0.773. The number of thioether (sulfide) groups is 1. The molecule has 9 rings (SSSR count). The average Bonchev–Trinajstić information content (AvgIpc) is 4.02. The highest BCUT2D eigenvalue weighted by Gasteiger charge is 2.54. The second kappa shape index (κ2) is 20.2. The zero-order valence-electron chi connectivity index (χ0n) is 40.1. The molecule has 6 N–H and O–H groups in total. The molecule has 6 fully saturated rings. The number of nitrogens with zero attached hydrogens (tertiary/aromatic N) is 5. The van der Waals surface area contributed by atoms with Gasteiger partial charge in [-0.3, -0.25) is 40.4 Å². The third kappa shape index (κ3) is 9.81. The fourth-order valence-corrected chi connectivity index (χ4v) is 14.4. The third-order valence-corrected chi connectivity index (χ3v) is 18.2. The van der Waals surface area contributed by atoms with Crippen molar-refractivity contribution in [3.63, 3.8) is 0 Å². The molecule has 16 heteroatoms. The zero-order valence-corrected chi connectivity index (χ0v) is 41.7. The molecule has 7 heterocycles. The van der Waals surface area contributed by atoms with E-state index < -0.39 is 0 Å². The Labute approximate surface area is 402 Å². The van der Waals surface area contributed by atoms with Gasteiger partial charge in [0.15, 0.2) is 0 Å². The number of ether oxygens (including phenoxy) is 2. The summed E-state index contributed by atoms with van der Waals surface area (Å²) < 4.78 is 12.5. The summed E-state index contributed by atoms with van der Waals surface area (Å²) in [5.41, 5.74) is 11.4. The van der Waals surface area contributed by atoms with Gasteiger partial charge in [-0.1, -0.05) is 77.4 Å². The summed E-state index contributed by atoms with van der Waals surface area (Å²) in [4.78, 5) is 27.3. The molecule has 66 heavy (non-hydrogen) atoms. The normalized spacial score (nSPS) is 33.5. The number of piperidine rings is 1. The van der Waals surface area contributed by atoms with Crippen LogP contribution in [0.4, 0.5) is 0 Å². The lowest BCUT2D eigenvalue weighted by molar-refractivity contribution is -0.128. The molecule has 6 saturated heterocycles. The average molecular weight is 945 g/mol. The molecule has 1 spiro atoms. The van der Waals surface area contributed by atoms with Crippen molar-refractivity contribution in [2.45, 2.75) is 141 Å². The van der Waals surface area contributed by atoms with Crippen LogP contribution in [-0.4, -0.2) is 132 Å². The SMILES string of the molecule is CC[C@@H](NC(=O)C1CNC(N2CCCC3(CN(Cc4ccc(C5=NC(CC6NCCO6)C6NNC(C)N6C6SC(C)C(C)C56)cc4)C3)C2)NC1)C(C)(C)[C@@H](CC)Oc1ccc(C#N)c(Cl)c1. The first-order chi connectivity index (χ1) is 31.8. The molecular formula is C50H74ClN11O3S. The number of halogens is 1. The first-order valence-electron chi connectivity index (χ1n) is 24.9. The van der Waals surface area contributed by atoms with Crippen molar-refractivity contribution >= 4 is 35.0 Å². The summed E-state index contributed by atoms with van der Waals surface area (Å²) in [5.74, 6) is 1.38. The van der Waals surface area contributed by atoms with Crippen LogP contribution in [0, 0.1) is 39.9 Å². The first kappa shape index (κ1) is 48.2. The van der Waals surface area contributed by atoms with Crippen molar-refractivity contribution in [3.05, 3.63) is 64.2 Å². The van der Waals surface area contributed by atoms with Crippen molar-refractivity contribution in [2.75, 3.05) is 52.4 Å². The lowest BCUT2D eigenvalue weighted by Crippen LogP contribution is -2.69. The number of carbonyl (C=O) groups is 1. The summed E-state index contributed by atoms with van der Waals surface area (Å²) in [7, 11) is 0. The quantitative estimate of drug-likeness (QED) is 0.146. The van der Waals surface area contributed by atoms with Crippen LogP contribution < -0.4 is 36.9 Å². The Kier molecular flexibility index (Phi) is 14.8. The van der Waals surface area contributed by atoms with Gasteiger partial charge in [-0.05, 0) is 61.8 Å². The molecule has 0 saturated carbocycles. The number of rotatable bonds is 14. The molecule has 10 atom stereocenters. The first-order valence-corrected chi connectivity index (χ1v) is 26.2. The standard InChI is InChI=1S/C50H74ClN11O3S/c1-8-40(49(6,7)41(9-2)65-37-16-15-35(23-52)38(51)21-37)57-46(63)36-24-54-48(55-25-36)61-19-10-17-50(29-61)27-60(28-50)26-33-11-13-34(14-12-33)44-43-30(3)31(4)66-47(43)62-32(5)58-59-45(62)39(56-44)22-42-53-18-20-64-42/h11-16,21,30-32,36,39-43,45,47-48,53-55,58-59H,8-10,17-20,22,24-29H2,1-7H3,(H,57,63)/t30?,31?,32?,36?,39?,40-,41-,42?,43?,45?,47?,48?/m1/s1. The molecule has 8 unspecified atom stereocenters. The number of hydrazine groups is 1. The number of nitrogens with one attached hydrogen (secondary N) is 6. The van der Waals surface area contributed by atoms with Gasteiger partial charge in [0.05, 0.1) is 46.9 Å². The lowest BCUT2D eigenvalue weighted by Gasteiger charge is -2.56. The summed E-state index contributed by atoms with van der Waals surface area (Å²) in [6.07, 6.45) is 5.08. The number of hydrogen-bond acceptors (Lipinski definition) is 14. The van der Waals surface area contributed by atoms with Crippen molar-refractivity contribution in [1.82, 2.24) is 46.8 Å². The van der Waals surface area contributed by atoms with Gasteiger partial charge in [-0.15, -0.1) is 11.8 Å². The lowest BCUT2D eigenvalue weighted by atomic mass is 9.73. The Morgan fingerprint density at radius 3 is 2.53 bits per heavy atom. The molecule has 0 aliphatic carbocycles. The number of carbonyl (C=O) groups excluding carboxylic acids is 1. The van der Waals surface area contributed by atoms with Gasteiger partial charge in [0, 0.05) is 98.6 Å². The van der Waals surface area contributed by atoms with Crippen molar-refractivity contribution in [1.29, 1.82) is 5.26 Å². The molecular weight excluding hydrogens is 870 g/mol. The highest BCUT2D eigenvalue weighted by Crippen LogP contribution is 2.49. The second-order valence-corrected chi connectivity index (χ2v) is 22.9. The minimum Gasteiger partial charge on any atom is -0.490 e. The van der Waals surface area contributed by atoms with Crippen molar-refractivity contribution in [3.8, 4) is 11.8 Å². The Morgan fingerprint density at radius 2 is 1.85 bits per heavy atom. The fourth-order valence-electron chi connectivity index (χ4n) is 12.3. The fraction of sp³-hybridized carbons (Fsp3) is 0.700. The smallest absolute Gasteiger partial charge is 0.225 e. The monoisotopic (exact) mass is 944 g/mol. The maximum absolute atomic E-state index is 13.8. The Morgan fingerprint density at radius 1 is 1.08 bits per heavy atom. The molecule has 0 bridgehead atoms. The maximum atomic E-state index is 13.8. The van der Waals surface area contributed by atoms with E-state index in [0.29, 0.717) is 57.3 Å². The minimum atomic E-state index is -0.361. The number of fused-ring (bicyclic) bond motifs is 3. The molecule has 1 amide bonds. The van der Waals surface area contributed by atoms with Crippen LogP contribution in [-0.2, 0) is 16.1 Å². The van der Waals surface area contributed by atoms with Crippen LogP contribution in [0.3, 0.4) is 0 Å². The molecule has 7 aliphatic heterocycles. The van der Waals surface area contributed by atoms with E-state index in [9.17, 15) is 10.1 Å². The topological polar surface area (TPSA) is 154 Å². The number of aliphatic imine (C=N–C) groups is 1. The van der Waals surface area contributed by atoms with Crippen LogP contribution in [0.15, 0.2) is 47.5 Å². The Bertz CT molecular complexity index is 2090. The number of amides is 1. The number of hydrogen-bond donors (Lipinski definition) is 6. The molecule has 360 valence electrons. The van der Waals surface area contributed by atoms with Crippen LogP contribution >= 0.6 is 23.4 Å². The second-order valence-electron chi connectivity index (χ2n) is 21.0. The van der Waals surface area contributed by atoms with Gasteiger partial charge in [0.2, 0.25) is 5.91 Å². The number of nitriles is 1. The number of benzene rings is 2. The zero-order chi connectivity index (χ0) is 46.3. The van der Waals surface area contributed by atoms with Crippen molar-refractivity contribution in [2.24, 2.45) is 33.6 Å². The highest BCUT2D eigenvalue weighted by atomic mass is 35.5. The Hall–Kier alpha value is -2.85. The summed E-state index contributed by atoms with van der Waals surface area (Å²) in [6.45, 7) is 23.8. The molecule has 7 aliphatic rings. The van der Waals surface area contributed by atoms with Gasteiger partial charge >= 0.3 is 0 Å². The third-order valence-electron chi connectivity index (χ3n) is 16.2. The van der Waals surface area contributed by atoms with Crippen LogP contribution in [0.1, 0.15) is 97.3 Å². The predicted octanol–water partition coefficient (Wildman–Crippen LogP) is 5.28. The van der Waals surface area contributed by atoms with Crippen LogP contribution in [0.2, 0.25) is 5.02 Å². The minimum absolute atomic E-state index is 0.0319. The molecule has 0 aromatic heterocycles. The van der Waals surface area contributed by atoms with Gasteiger partial charge < -0.3 is 14.8 Å². The van der Waals surface area contributed by atoms with E-state index in [1.165, 1.54) is 29.7 Å². The molecule has 14 nitrogen and oxygen atoms in total. The van der Waals surface area contributed by atoms with Gasteiger partial charge in [0.25, 0.3) is 0 Å². The largest absolute Gasteiger partial charge is 0.490 e. The van der Waals surface area contributed by atoms with E-state index in [0.717, 1.165) is 65.1 Å². The summed E-state index contributed by atoms with van der Waals surface area (Å²) >= 11 is 8.43. The molecule has 0 radical (unpaired) electrons. The van der Waals surface area contributed by atoms with Crippen molar-refractivity contribution < 1.29 is 14.3 Å². The van der Waals surface area contributed by atoms with E-state index in [2.05, 4.69) is 137 Å². The van der Waals surface area contributed by atoms with Crippen LogP contribution in [0.5, 0.6) is 5.75 Å². The van der Waals surface area contributed by atoms with Gasteiger partial charge in [-0.2, -0.15) is 5.26 Å². The van der Waals surface area contributed by atoms with E-state index in [4.69, 9.17) is 26.1 Å². The van der Waals surface area contributed by atoms with Gasteiger partial charge in [-0.25, -0.2) is 10.9 Å². The summed E-state index contributed by atoms with van der Waals surface area (Å²) in [5, 5.41) is 24.9. The van der Waals surface area contributed by atoms with Gasteiger partial charge in [0.1, 0.15) is 30.4 Å². The highest BCUT2D eigenvalue weighted by molar-refractivity contribution is 8.00. The molecule has 2 aromatic rings. The van der Waals surface area contributed by atoms with E-state index in [1.54, 1.807) is 18.2 Å². The maximum Gasteiger partial charge on any atom is 0.225 e. The number of likely N-dealkylation sites (tertiary alicyclic amines) is 2. The molecule has 2 aromatic carbocycles. The van der Waals surface area contributed by atoms with E-state index >= 15 is 0 Å². The predicted molar refractivity (Wildman–Crippen MR) is 263 cm³/mol.